The van der Waals surface area contributed by atoms with Crippen LogP contribution in [0, 0.1) is 11.8 Å². The maximum Gasteiger partial charge on any atom is 0.0543 e. The second-order valence-corrected chi connectivity index (χ2v) is 2.81. The second-order valence-electron chi connectivity index (χ2n) is 2.81. The van der Waals surface area contributed by atoms with Crippen molar-refractivity contribution in [1.82, 2.24) is 0 Å². The highest BCUT2D eigenvalue weighted by Crippen LogP contribution is 2.43. The summed E-state index contributed by atoms with van der Waals surface area (Å²) in [6, 6.07) is 0. The highest BCUT2D eigenvalue weighted by Gasteiger charge is 2.38. The van der Waals surface area contributed by atoms with Gasteiger partial charge in [0, 0.05) is 0 Å². The van der Waals surface area contributed by atoms with Crippen molar-refractivity contribution < 1.29 is 5.11 Å². The van der Waals surface area contributed by atoms with Crippen LogP contribution in [0.1, 0.15) is 26.7 Å². The predicted molar refractivity (Wildman–Crippen MR) is 33.6 cm³/mol. The summed E-state index contributed by atoms with van der Waals surface area (Å²) in [5, 5.41) is 8.99. The van der Waals surface area contributed by atoms with Crippen molar-refractivity contribution in [3.63, 3.8) is 0 Å². The molecular formula is C7H14O. The van der Waals surface area contributed by atoms with Crippen molar-refractivity contribution in [2.45, 2.75) is 32.8 Å². The van der Waals surface area contributed by atoms with Gasteiger partial charge in [-0.3, -0.25) is 0 Å². The van der Waals surface area contributed by atoms with Crippen LogP contribution in [0.3, 0.4) is 0 Å². The molecule has 3 atom stereocenters. The number of hydrogen-bond donors (Lipinski definition) is 1. The molecule has 1 saturated carbocycles. The summed E-state index contributed by atoms with van der Waals surface area (Å²) in [5.41, 5.74) is 0. The van der Waals surface area contributed by atoms with Gasteiger partial charge in [-0.25, -0.2) is 0 Å². The monoisotopic (exact) mass is 114 g/mol. The minimum atomic E-state index is -0.0556. The lowest BCUT2D eigenvalue weighted by molar-refractivity contribution is 0.164. The summed E-state index contributed by atoms with van der Waals surface area (Å²) in [6.45, 7) is 4.08. The van der Waals surface area contributed by atoms with Crippen molar-refractivity contribution in [2.75, 3.05) is 0 Å². The number of rotatable bonds is 2. The molecule has 0 aromatic rings. The van der Waals surface area contributed by atoms with Crippen LogP contribution >= 0.6 is 0 Å². The summed E-state index contributed by atoms with van der Waals surface area (Å²) < 4.78 is 0. The molecule has 0 amide bonds. The van der Waals surface area contributed by atoms with Crippen molar-refractivity contribution in [2.24, 2.45) is 11.8 Å². The Kier molecular flexibility index (Phi) is 1.57. The molecule has 0 aliphatic heterocycles. The molecule has 0 bridgehead atoms. The van der Waals surface area contributed by atoms with Gasteiger partial charge in [-0.05, 0) is 25.2 Å². The molecule has 0 heterocycles. The Morgan fingerprint density at radius 3 is 2.50 bits per heavy atom. The molecule has 0 spiro atoms. The van der Waals surface area contributed by atoms with E-state index in [2.05, 4.69) is 6.92 Å². The fourth-order valence-corrected chi connectivity index (χ4v) is 1.33. The summed E-state index contributed by atoms with van der Waals surface area (Å²) in [6.07, 6.45) is 2.45. The molecule has 0 saturated heterocycles. The Balaban J connectivity index is 2.16. The third kappa shape index (κ3) is 1.03. The maximum atomic E-state index is 8.99. The van der Waals surface area contributed by atoms with Gasteiger partial charge in [-0.1, -0.05) is 13.3 Å². The topological polar surface area (TPSA) is 20.2 Å². The van der Waals surface area contributed by atoms with Gasteiger partial charge in [0.1, 0.15) is 0 Å². The summed E-state index contributed by atoms with van der Waals surface area (Å²) >= 11 is 0. The summed E-state index contributed by atoms with van der Waals surface area (Å²) in [4.78, 5) is 0. The lowest BCUT2D eigenvalue weighted by Gasteiger charge is -1.98. The average molecular weight is 114 g/mol. The van der Waals surface area contributed by atoms with Gasteiger partial charge in [0.15, 0.2) is 0 Å². The van der Waals surface area contributed by atoms with Crippen LogP contribution in [0.15, 0.2) is 0 Å². The van der Waals surface area contributed by atoms with Crippen LogP contribution in [0.5, 0.6) is 0 Å². The molecular weight excluding hydrogens is 100 g/mol. The molecule has 1 N–H and O–H groups in total. The molecule has 8 heavy (non-hydrogen) atoms. The fourth-order valence-electron chi connectivity index (χ4n) is 1.33. The van der Waals surface area contributed by atoms with E-state index in [0.29, 0.717) is 5.92 Å². The summed E-state index contributed by atoms with van der Waals surface area (Å²) in [7, 11) is 0. The van der Waals surface area contributed by atoms with Gasteiger partial charge in [-0.15, -0.1) is 0 Å². The number of aliphatic hydroxyl groups is 1. The van der Waals surface area contributed by atoms with Crippen LogP contribution in [-0.4, -0.2) is 11.2 Å². The first kappa shape index (κ1) is 6.09. The molecule has 1 rings (SSSR count). The van der Waals surface area contributed by atoms with Crippen LogP contribution in [0.2, 0.25) is 0 Å². The molecule has 1 heteroatoms. The van der Waals surface area contributed by atoms with Gasteiger partial charge >= 0.3 is 0 Å². The van der Waals surface area contributed by atoms with E-state index in [1.54, 1.807) is 0 Å². The van der Waals surface area contributed by atoms with Crippen LogP contribution in [0.25, 0.3) is 0 Å². The third-order valence-corrected chi connectivity index (χ3v) is 2.12. The van der Waals surface area contributed by atoms with Crippen molar-refractivity contribution >= 4 is 0 Å². The van der Waals surface area contributed by atoms with E-state index in [9.17, 15) is 0 Å². The lowest BCUT2D eigenvalue weighted by Crippen LogP contribution is -2.03. The van der Waals surface area contributed by atoms with Gasteiger partial charge in [-0.2, -0.15) is 0 Å². The SMILES string of the molecule is CC[C@H]1CC1[C@@H](C)O. The van der Waals surface area contributed by atoms with E-state index in [1.165, 1.54) is 12.8 Å². The van der Waals surface area contributed by atoms with Crippen molar-refractivity contribution in [3.05, 3.63) is 0 Å². The van der Waals surface area contributed by atoms with Crippen molar-refractivity contribution in [3.8, 4) is 0 Å². The van der Waals surface area contributed by atoms with Gasteiger partial charge in [0.25, 0.3) is 0 Å². The molecule has 0 radical (unpaired) electrons. The first-order valence-corrected chi connectivity index (χ1v) is 3.43. The summed E-state index contributed by atoms with van der Waals surface area (Å²) in [5.74, 6) is 1.48. The molecule has 0 aromatic heterocycles. The van der Waals surface area contributed by atoms with Crippen molar-refractivity contribution in [1.29, 1.82) is 0 Å². The zero-order valence-corrected chi connectivity index (χ0v) is 5.59. The third-order valence-electron chi connectivity index (χ3n) is 2.12. The molecule has 48 valence electrons. The normalized spacial score (nSPS) is 39.4. The van der Waals surface area contributed by atoms with E-state index in [4.69, 9.17) is 5.11 Å². The van der Waals surface area contributed by atoms with Crippen LogP contribution in [-0.2, 0) is 0 Å². The number of aliphatic hydroxyl groups excluding tert-OH is 1. The Bertz CT molecular complexity index is 78.5. The first-order chi connectivity index (χ1) is 3.75. The Morgan fingerprint density at radius 1 is 1.75 bits per heavy atom. The Labute approximate surface area is 50.7 Å². The van der Waals surface area contributed by atoms with E-state index < -0.39 is 0 Å². The van der Waals surface area contributed by atoms with E-state index in [0.717, 1.165) is 5.92 Å². The van der Waals surface area contributed by atoms with Gasteiger partial charge in [0.05, 0.1) is 6.10 Å². The minimum Gasteiger partial charge on any atom is -0.393 e. The quantitative estimate of drug-likeness (QED) is 0.575. The van der Waals surface area contributed by atoms with Gasteiger partial charge in [0.2, 0.25) is 0 Å². The molecule has 1 aliphatic rings. The van der Waals surface area contributed by atoms with E-state index >= 15 is 0 Å². The van der Waals surface area contributed by atoms with E-state index in [-0.39, 0.29) is 6.10 Å². The molecule has 1 nitrogen and oxygen atoms in total. The molecule has 1 unspecified atom stereocenters. The molecule has 1 fully saturated rings. The number of hydrogen-bond acceptors (Lipinski definition) is 1. The molecule has 0 aromatic carbocycles. The zero-order valence-electron chi connectivity index (χ0n) is 5.59. The standard InChI is InChI=1S/C7H14O/c1-3-6-4-7(6)5(2)8/h5-8H,3-4H2,1-2H3/t5-,6+,7?/m1/s1. The maximum absolute atomic E-state index is 8.99. The molecule has 1 aliphatic carbocycles. The smallest absolute Gasteiger partial charge is 0.0543 e. The fraction of sp³-hybridized carbons (Fsp3) is 1.00. The van der Waals surface area contributed by atoms with E-state index in [1.807, 2.05) is 6.92 Å². The highest BCUT2D eigenvalue weighted by molar-refractivity contribution is 4.88. The largest absolute Gasteiger partial charge is 0.393 e. The average Bonchev–Trinajstić information content (AvgIpc) is 2.42. The first-order valence-electron chi connectivity index (χ1n) is 3.43. The zero-order chi connectivity index (χ0) is 6.15. The lowest BCUT2D eigenvalue weighted by atomic mass is 10.2. The van der Waals surface area contributed by atoms with Crippen LogP contribution < -0.4 is 0 Å². The van der Waals surface area contributed by atoms with Crippen LogP contribution in [0.4, 0.5) is 0 Å². The minimum absolute atomic E-state index is 0.0556. The Hall–Kier alpha value is -0.0400. The Morgan fingerprint density at radius 2 is 2.38 bits per heavy atom. The van der Waals surface area contributed by atoms with Gasteiger partial charge < -0.3 is 5.11 Å². The second kappa shape index (κ2) is 2.06. The highest BCUT2D eigenvalue weighted by atomic mass is 16.3. The predicted octanol–water partition coefficient (Wildman–Crippen LogP) is 1.41.